The van der Waals surface area contributed by atoms with E-state index in [0.29, 0.717) is 11.3 Å². The molecule has 0 aliphatic carbocycles. The zero-order valence-corrected chi connectivity index (χ0v) is 16.0. The first-order valence-corrected chi connectivity index (χ1v) is 9.66. The Morgan fingerprint density at radius 2 is 1.79 bits per heavy atom. The van der Waals surface area contributed by atoms with Gasteiger partial charge in [-0.15, -0.1) is 11.8 Å². The smallest absolute Gasteiger partial charge is 0.317 e. The average molecular weight is 390 g/mol. The first-order valence-electron chi connectivity index (χ1n) is 8.68. The number of amides is 1. The largest absolute Gasteiger partial charge is 0.452 e. The minimum Gasteiger partial charge on any atom is -0.452 e. The van der Waals surface area contributed by atoms with Crippen molar-refractivity contribution in [2.75, 3.05) is 11.1 Å². The van der Waals surface area contributed by atoms with Crippen LogP contribution in [-0.4, -0.2) is 23.7 Å². The number of ether oxygens (including phenoxy) is 1. The molecule has 0 aromatic heterocycles. The number of fused-ring (bicyclic) bond motifs is 1. The Balaban J connectivity index is 1.53. The lowest BCUT2D eigenvalue weighted by Gasteiger charge is -2.14. The number of benzene rings is 3. The predicted octanol–water partition coefficient (Wildman–Crippen LogP) is 4.37. The molecule has 0 radical (unpaired) electrons. The number of hydrogen-bond donors (Lipinski definition) is 1. The summed E-state index contributed by atoms with van der Waals surface area (Å²) in [7, 11) is 0. The van der Waals surface area contributed by atoms with Crippen molar-refractivity contribution >= 4 is 40.1 Å². The van der Waals surface area contributed by atoms with Crippen molar-refractivity contribution in [3.05, 3.63) is 72.3 Å². The van der Waals surface area contributed by atoms with Gasteiger partial charge in [0.15, 0.2) is 6.10 Å². The number of anilines is 1. The maximum absolute atomic E-state index is 12.2. The van der Waals surface area contributed by atoms with Crippen molar-refractivity contribution in [1.82, 2.24) is 0 Å². The van der Waals surface area contributed by atoms with Crippen LogP contribution in [0.4, 0.5) is 5.69 Å². The van der Waals surface area contributed by atoms with E-state index in [1.165, 1.54) is 18.7 Å². The molecule has 0 spiro atoms. The lowest BCUT2D eigenvalue weighted by atomic mass is 10.1. The number of hydrogen-bond acceptors (Lipinski definition) is 5. The summed E-state index contributed by atoms with van der Waals surface area (Å²) in [5.74, 6) is -0.855. The molecule has 1 N–H and O–H groups in total. The normalized spacial score (nSPS) is 11.4. The molecule has 0 heterocycles. The second kappa shape index (κ2) is 9.07. The number of carbonyl (C=O) groups is 2. The third-order valence-corrected chi connectivity index (χ3v) is 5.03. The molecule has 0 fully saturated rings. The molecular weight excluding hydrogens is 372 g/mol. The second-order valence-electron chi connectivity index (χ2n) is 6.08. The number of nitrogens with one attached hydrogen (secondary N) is 1. The van der Waals surface area contributed by atoms with E-state index in [4.69, 9.17) is 10.00 Å². The van der Waals surface area contributed by atoms with Crippen LogP contribution in [-0.2, 0) is 14.3 Å². The summed E-state index contributed by atoms with van der Waals surface area (Å²) in [6.45, 7) is 1.50. The van der Waals surface area contributed by atoms with Crippen LogP contribution >= 0.6 is 11.8 Å². The van der Waals surface area contributed by atoms with E-state index in [0.717, 1.165) is 15.7 Å². The number of para-hydroxylation sites is 1. The molecule has 3 rings (SSSR count). The molecule has 0 saturated heterocycles. The van der Waals surface area contributed by atoms with Gasteiger partial charge in [-0.2, -0.15) is 5.26 Å². The number of carbonyl (C=O) groups excluding carboxylic acids is 2. The molecule has 3 aromatic rings. The highest BCUT2D eigenvalue weighted by Crippen LogP contribution is 2.24. The van der Waals surface area contributed by atoms with Gasteiger partial charge in [-0.3, -0.25) is 9.59 Å². The summed E-state index contributed by atoms with van der Waals surface area (Å²) in [6, 6.07) is 22.6. The number of esters is 1. The molecule has 140 valence electrons. The van der Waals surface area contributed by atoms with Crippen LogP contribution in [0.2, 0.25) is 0 Å². The molecule has 0 saturated carbocycles. The number of nitriles is 1. The number of rotatable bonds is 6. The maximum Gasteiger partial charge on any atom is 0.317 e. The van der Waals surface area contributed by atoms with Gasteiger partial charge in [0.25, 0.3) is 5.91 Å². The highest BCUT2D eigenvalue weighted by atomic mass is 32.2. The highest BCUT2D eigenvalue weighted by molar-refractivity contribution is 8.00. The van der Waals surface area contributed by atoms with Gasteiger partial charge in [-0.05, 0) is 42.0 Å². The summed E-state index contributed by atoms with van der Waals surface area (Å²) in [6.07, 6.45) is -0.962. The summed E-state index contributed by atoms with van der Waals surface area (Å²) in [5, 5.41) is 13.9. The summed E-state index contributed by atoms with van der Waals surface area (Å²) in [5.41, 5.74) is 0.740. The summed E-state index contributed by atoms with van der Waals surface area (Å²) in [4.78, 5) is 25.3. The third kappa shape index (κ3) is 4.90. The number of thioether (sulfide) groups is 1. The van der Waals surface area contributed by atoms with Crippen LogP contribution in [0.5, 0.6) is 0 Å². The van der Waals surface area contributed by atoms with Crippen LogP contribution in [0.15, 0.2) is 71.6 Å². The lowest BCUT2D eigenvalue weighted by molar-refractivity contribution is -0.150. The van der Waals surface area contributed by atoms with E-state index < -0.39 is 18.0 Å². The summed E-state index contributed by atoms with van der Waals surface area (Å²) < 4.78 is 5.21. The predicted molar refractivity (Wildman–Crippen MR) is 110 cm³/mol. The Kier molecular flexibility index (Phi) is 6.30. The van der Waals surface area contributed by atoms with E-state index in [2.05, 4.69) is 5.32 Å². The standard InChI is InChI=1S/C22H18N2O3S/c1-15(22(26)24-20-9-5-4-8-18(20)13-23)27-21(25)14-28-19-11-10-16-6-2-3-7-17(16)12-19/h2-12,15H,14H2,1H3,(H,24,26)/t15-/m1/s1. The van der Waals surface area contributed by atoms with E-state index in [-0.39, 0.29) is 5.75 Å². The molecule has 3 aromatic carbocycles. The van der Waals surface area contributed by atoms with Crippen molar-refractivity contribution in [3.63, 3.8) is 0 Å². The fraction of sp³-hybridized carbons (Fsp3) is 0.136. The first-order chi connectivity index (χ1) is 13.6. The van der Waals surface area contributed by atoms with Gasteiger partial charge in [-0.25, -0.2) is 0 Å². The average Bonchev–Trinajstić information content (AvgIpc) is 2.72. The monoisotopic (exact) mass is 390 g/mol. The Labute approximate surface area is 167 Å². The van der Waals surface area contributed by atoms with Gasteiger partial charge in [0.2, 0.25) is 0 Å². The lowest BCUT2D eigenvalue weighted by Crippen LogP contribution is -2.30. The van der Waals surface area contributed by atoms with Crippen LogP contribution in [0.1, 0.15) is 12.5 Å². The molecule has 0 unspecified atom stereocenters. The van der Waals surface area contributed by atoms with Gasteiger partial charge in [-0.1, -0.05) is 42.5 Å². The third-order valence-electron chi connectivity index (χ3n) is 4.06. The van der Waals surface area contributed by atoms with Crippen molar-refractivity contribution in [3.8, 4) is 6.07 Å². The minimum atomic E-state index is -0.962. The fourth-order valence-corrected chi connectivity index (χ4v) is 3.34. The maximum atomic E-state index is 12.2. The van der Waals surface area contributed by atoms with Crippen molar-refractivity contribution in [2.24, 2.45) is 0 Å². The van der Waals surface area contributed by atoms with Crippen LogP contribution < -0.4 is 5.32 Å². The minimum absolute atomic E-state index is 0.102. The van der Waals surface area contributed by atoms with E-state index in [9.17, 15) is 9.59 Å². The van der Waals surface area contributed by atoms with Crippen LogP contribution in [0, 0.1) is 11.3 Å². The molecule has 1 atom stereocenters. The fourth-order valence-electron chi connectivity index (χ4n) is 2.61. The zero-order valence-electron chi connectivity index (χ0n) is 15.2. The number of nitrogens with zero attached hydrogens (tertiary/aromatic N) is 1. The Morgan fingerprint density at radius 3 is 2.57 bits per heavy atom. The molecule has 1 amide bonds. The van der Waals surface area contributed by atoms with Crippen LogP contribution in [0.3, 0.4) is 0 Å². The van der Waals surface area contributed by atoms with Crippen molar-refractivity contribution in [2.45, 2.75) is 17.9 Å². The Morgan fingerprint density at radius 1 is 1.07 bits per heavy atom. The zero-order chi connectivity index (χ0) is 19.9. The van der Waals surface area contributed by atoms with E-state index >= 15 is 0 Å². The molecule has 28 heavy (non-hydrogen) atoms. The molecule has 6 heteroatoms. The van der Waals surface area contributed by atoms with Gasteiger partial charge in [0.1, 0.15) is 6.07 Å². The SMILES string of the molecule is C[C@@H](OC(=O)CSc1ccc2ccccc2c1)C(=O)Nc1ccccc1C#N. The molecule has 0 aliphatic heterocycles. The molecule has 5 nitrogen and oxygen atoms in total. The Bertz CT molecular complexity index is 1060. The van der Waals surface area contributed by atoms with Gasteiger partial charge in [0.05, 0.1) is 17.0 Å². The van der Waals surface area contributed by atoms with Gasteiger partial charge >= 0.3 is 5.97 Å². The molecule has 0 aliphatic rings. The quantitative estimate of drug-likeness (QED) is 0.499. The molecule has 0 bridgehead atoms. The second-order valence-corrected chi connectivity index (χ2v) is 7.13. The van der Waals surface area contributed by atoms with E-state index in [1.54, 1.807) is 24.3 Å². The van der Waals surface area contributed by atoms with E-state index in [1.807, 2.05) is 48.5 Å². The van der Waals surface area contributed by atoms with Crippen molar-refractivity contribution in [1.29, 1.82) is 5.26 Å². The Hall–Kier alpha value is -3.30. The first kappa shape index (κ1) is 19.5. The van der Waals surface area contributed by atoms with Gasteiger partial charge < -0.3 is 10.1 Å². The van der Waals surface area contributed by atoms with Crippen molar-refractivity contribution < 1.29 is 14.3 Å². The summed E-state index contributed by atoms with van der Waals surface area (Å²) >= 11 is 1.36. The topological polar surface area (TPSA) is 79.2 Å². The van der Waals surface area contributed by atoms with Gasteiger partial charge in [0, 0.05) is 4.90 Å². The highest BCUT2D eigenvalue weighted by Gasteiger charge is 2.19. The van der Waals surface area contributed by atoms with Crippen LogP contribution in [0.25, 0.3) is 10.8 Å². The molecular formula is C22H18N2O3S.